The second-order valence-electron chi connectivity index (χ2n) is 11.3. The Kier molecular flexibility index (Phi) is 7.04. The lowest BCUT2D eigenvalue weighted by atomic mass is 9.94. The number of ether oxygens (including phenoxy) is 1. The zero-order valence-corrected chi connectivity index (χ0v) is 23.4. The maximum absolute atomic E-state index is 16.6. The van der Waals surface area contributed by atoms with E-state index in [1.54, 1.807) is 19.2 Å². The predicted octanol–water partition coefficient (Wildman–Crippen LogP) is 7.75. The smallest absolute Gasteiger partial charge is 0.319 e. The number of nitrogens with zero attached hydrogens (tertiary/aromatic N) is 4. The number of aryl methyl sites for hydroxylation is 1. The average Bonchev–Trinajstić information content (AvgIpc) is 3.78. The van der Waals surface area contributed by atoms with E-state index in [1.165, 1.54) is 18.9 Å². The Morgan fingerprint density at radius 2 is 1.82 bits per heavy atom. The van der Waals surface area contributed by atoms with Crippen LogP contribution < -0.4 is 9.64 Å². The van der Waals surface area contributed by atoms with Gasteiger partial charge in [-0.1, -0.05) is 37.8 Å². The number of anilines is 1. The standard InChI is InChI=1S/C33H34F2N4O/c1-4-10-23-26(34)12-11-22-17-21(3)18-24(27(22)23)29-28(35)30-25(19-36-29)31(39-15-8-6-7-9-16-39)38-32(37-30)40-20-33(5-2)13-14-33/h11-12,17-19H,5-9,13-16,20H2,1-3H3. The van der Waals surface area contributed by atoms with Gasteiger partial charge >= 0.3 is 6.01 Å². The molecule has 1 saturated carbocycles. The number of rotatable bonds is 6. The SMILES string of the molecule is CC#Cc1c(F)ccc2cc(C)cc(-c3ncc4c(N5CCCCCC5)nc(OCC5(CC)CC5)nc4c3F)c12. The zero-order chi connectivity index (χ0) is 27.9. The van der Waals surface area contributed by atoms with Crippen LogP contribution in [0.25, 0.3) is 32.9 Å². The van der Waals surface area contributed by atoms with E-state index in [-0.39, 0.29) is 28.2 Å². The van der Waals surface area contributed by atoms with Crippen molar-refractivity contribution in [3.05, 3.63) is 53.2 Å². The van der Waals surface area contributed by atoms with Crippen molar-refractivity contribution >= 4 is 27.5 Å². The monoisotopic (exact) mass is 540 g/mol. The molecule has 0 radical (unpaired) electrons. The van der Waals surface area contributed by atoms with Gasteiger partial charge in [-0.15, -0.1) is 5.92 Å². The molecule has 6 rings (SSSR count). The van der Waals surface area contributed by atoms with Crippen molar-refractivity contribution in [3.63, 3.8) is 0 Å². The second-order valence-corrected chi connectivity index (χ2v) is 11.3. The number of hydrogen-bond donors (Lipinski definition) is 0. The van der Waals surface area contributed by atoms with Crippen LogP contribution in [0, 0.1) is 35.8 Å². The van der Waals surface area contributed by atoms with E-state index < -0.39 is 11.6 Å². The summed E-state index contributed by atoms with van der Waals surface area (Å²) in [4.78, 5) is 16.2. The lowest BCUT2D eigenvalue weighted by molar-refractivity contribution is 0.214. The molecule has 2 aromatic heterocycles. The first-order valence-electron chi connectivity index (χ1n) is 14.3. The van der Waals surface area contributed by atoms with Gasteiger partial charge in [-0.3, -0.25) is 4.98 Å². The minimum atomic E-state index is -0.566. The minimum absolute atomic E-state index is 0.115. The Morgan fingerprint density at radius 1 is 1.05 bits per heavy atom. The molecule has 4 aromatic rings. The number of hydrogen-bond acceptors (Lipinski definition) is 5. The summed E-state index contributed by atoms with van der Waals surface area (Å²) in [5, 5.41) is 1.88. The van der Waals surface area contributed by atoms with E-state index in [0.29, 0.717) is 28.8 Å². The van der Waals surface area contributed by atoms with E-state index >= 15 is 4.39 Å². The lowest BCUT2D eigenvalue weighted by Crippen LogP contribution is -2.26. The van der Waals surface area contributed by atoms with E-state index in [9.17, 15) is 4.39 Å². The molecule has 206 valence electrons. The van der Waals surface area contributed by atoms with Crippen LogP contribution in [0.5, 0.6) is 6.01 Å². The van der Waals surface area contributed by atoms with Gasteiger partial charge in [-0.05, 0) is 69.0 Å². The largest absolute Gasteiger partial charge is 0.463 e. The molecule has 1 aliphatic carbocycles. The molecule has 2 aliphatic rings. The zero-order valence-electron chi connectivity index (χ0n) is 23.4. The summed E-state index contributed by atoms with van der Waals surface area (Å²) in [5.41, 5.74) is 2.10. The Balaban J connectivity index is 1.56. The van der Waals surface area contributed by atoms with E-state index in [2.05, 4.69) is 33.6 Å². The third-order valence-corrected chi connectivity index (χ3v) is 8.48. The van der Waals surface area contributed by atoms with E-state index in [0.717, 1.165) is 56.1 Å². The normalized spacial score (nSPS) is 16.5. The highest BCUT2D eigenvalue weighted by Crippen LogP contribution is 2.48. The molecule has 2 aromatic carbocycles. The molecule has 0 spiro atoms. The summed E-state index contributed by atoms with van der Waals surface area (Å²) < 4.78 is 37.7. The van der Waals surface area contributed by atoms with Crippen molar-refractivity contribution in [3.8, 4) is 29.1 Å². The molecule has 3 heterocycles. The third kappa shape index (κ3) is 4.85. The number of fused-ring (bicyclic) bond motifs is 2. The van der Waals surface area contributed by atoms with Gasteiger partial charge in [-0.2, -0.15) is 9.97 Å². The molecule has 0 unspecified atom stereocenters. The van der Waals surface area contributed by atoms with Gasteiger partial charge in [-0.25, -0.2) is 8.78 Å². The van der Waals surface area contributed by atoms with Gasteiger partial charge in [0.2, 0.25) is 0 Å². The molecular formula is C33H34F2N4O. The summed E-state index contributed by atoms with van der Waals surface area (Å²) in [6.07, 6.45) is 9.37. The molecule has 2 fully saturated rings. The summed E-state index contributed by atoms with van der Waals surface area (Å²) in [6.45, 7) is 7.97. The Bertz CT molecular complexity index is 1660. The topological polar surface area (TPSA) is 51.1 Å². The maximum atomic E-state index is 16.6. The van der Waals surface area contributed by atoms with E-state index in [4.69, 9.17) is 9.72 Å². The molecule has 1 aliphatic heterocycles. The van der Waals surface area contributed by atoms with Crippen LogP contribution >= 0.6 is 0 Å². The first-order chi connectivity index (χ1) is 19.4. The van der Waals surface area contributed by atoms with E-state index in [1.807, 2.05) is 19.1 Å². The van der Waals surface area contributed by atoms with Crippen LogP contribution in [-0.2, 0) is 0 Å². The van der Waals surface area contributed by atoms with Crippen molar-refractivity contribution in [2.75, 3.05) is 24.6 Å². The molecule has 0 atom stereocenters. The number of halogens is 2. The Morgan fingerprint density at radius 3 is 2.52 bits per heavy atom. The quantitative estimate of drug-likeness (QED) is 0.234. The van der Waals surface area contributed by atoms with Crippen molar-refractivity contribution in [2.24, 2.45) is 5.41 Å². The van der Waals surface area contributed by atoms with Crippen LogP contribution in [-0.4, -0.2) is 34.6 Å². The van der Waals surface area contributed by atoms with Gasteiger partial charge in [0.05, 0.1) is 17.6 Å². The van der Waals surface area contributed by atoms with Crippen LogP contribution in [0.3, 0.4) is 0 Å². The fourth-order valence-electron chi connectivity index (χ4n) is 5.82. The molecule has 40 heavy (non-hydrogen) atoms. The van der Waals surface area contributed by atoms with Gasteiger partial charge < -0.3 is 9.64 Å². The van der Waals surface area contributed by atoms with Crippen LogP contribution in [0.1, 0.15) is 69.9 Å². The average molecular weight is 541 g/mol. The summed E-state index contributed by atoms with van der Waals surface area (Å²) in [6, 6.07) is 7.09. The molecule has 0 N–H and O–H groups in total. The van der Waals surface area contributed by atoms with Gasteiger partial charge in [0, 0.05) is 35.7 Å². The number of pyridine rings is 1. The summed E-state index contributed by atoms with van der Waals surface area (Å²) >= 11 is 0. The third-order valence-electron chi connectivity index (χ3n) is 8.48. The molecule has 7 heteroatoms. The molecular weight excluding hydrogens is 506 g/mol. The lowest BCUT2D eigenvalue weighted by Gasteiger charge is -2.24. The second kappa shape index (κ2) is 10.6. The fourth-order valence-corrected chi connectivity index (χ4v) is 5.82. The predicted molar refractivity (Wildman–Crippen MR) is 156 cm³/mol. The molecule has 0 bridgehead atoms. The van der Waals surface area contributed by atoms with Gasteiger partial charge in [0.1, 0.15) is 22.8 Å². The first-order valence-corrected chi connectivity index (χ1v) is 14.3. The fraction of sp³-hybridized carbons (Fsp3) is 0.424. The first kappa shape index (κ1) is 26.4. The highest BCUT2D eigenvalue weighted by molar-refractivity contribution is 6.02. The van der Waals surface area contributed by atoms with Crippen LogP contribution in [0.2, 0.25) is 0 Å². The Labute approximate surface area is 234 Å². The molecule has 0 amide bonds. The molecule has 5 nitrogen and oxygen atoms in total. The van der Waals surface area contributed by atoms with Crippen molar-refractivity contribution in [2.45, 2.75) is 65.7 Å². The van der Waals surface area contributed by atoms with Crippen LogP contribution in [0.4, 0.5) is 14.6 Å². The van der Waals surface area contributed by atoms with Gasteiger partial charge in [0.25, 0.3) is 0 Å². The summed E-state index contributed by atoms with van der Waals surface area (Å²) in [7, 11) is 0. The Hall–Kier alpha value is -3.79. The highest BCUT2D eigenvalue weighted by Gasteiger charge is 2.41. The van der Waals surface area contributed by atoms with Crippen molar-refractivity contribution in [1.29, 1.82) is 0 Å². The molecule has 1 saturated heterocycles. The number of aromatic nitrogens is 3. The highest BCUT2D eigenvalue weighted by atomic mass is 19.1. The van der Waals surface area contributed by atoms with Gasteiger partial charge in [0.15, 0.2) is 5.82 Å². The minimum Gasteiger partial charge on any atom is -0.463 e. The van der Waals surface area contributed by atoms with Crippen molar-refractivity contribution in [1.82, 2.24) is 15.0 Å². The maximum Gasteiger partial charge on any atom is 0.319 e. The summed E-state index contributed by atoms with van der Waals surface area (Å²) in [5.74, 6) is 5.34. The van der Waals surface area contributed by atoms with Crippen LogP contribution in [0.15, 0.2) is 30.5 Å². The van der Waals surface area contributed by atoms with Crippen molar-refractivity contribution < 1.29 is 13.5 Å². The number of benzene rings is 2.